The molecule has 2 rings (SSSR count). The first-order valence-electron chi connectivity index (χ1n) is 5.33. The van der Waals surface area contributed by atoms with E-state index >= 15 is 0 Å². The van der Waals surface area contributed by atoms with Gasteiger partial charge in [-0.2, -0.15) is 5.10 Å². The van der Waals surface area contributed by atoms with Gasteiger partial charge in [-0.15, -0.1) is 0 Å². The zero-order valence-corrected chi connectivity index (χ0v) is 11.3. The number of rotatable bonds is 3. The summed E-state index contributed by atoms with van der Waals surface area (Å²) in [5, 5.41) is 4.14. The molecule has 0 unspecified atom stereocenters. The molecule has 17 heavy (non-hydrogen) atoms. The van der Waals surface area contributed by atoms with E-state index in [0.717, 1.165) is 5.82 Å². The molecular weight excluding hydrogens is 284 g/mol. The van der Waals surface area contributed by atoms with Crippen molar-refractivity contribution >= 4 is 15.9 Å². The summed E-state index contributed by atoms with van der Waals surface area (Å²) >= 11 is 3.22. The van der Waals surface area contributed by atoms with Crippen LogP contribution >= 0.6 is 15.9 Å². The lowest BCUT2D eigenvalue weighted by atomic mass is 10.4. The Morgan fingerprint density at radius 3 is 2.94 bits per heavy atom. The van der Waals surface area contributed by atoms with Crippen LogP contribution < -0.4 is 5.56 Å². The Labute approximate surface area is 107 Å². The quantitative estimate of drug-likeness (QED) is 0.868. The lowest BCUT2D eigenvalue weighted by Gasteiger charge is -2.10. The number of halogens is 1. The van der Waals surface area contributed by atoms with Gasteiger partial charge < -0.3 is 4.57 Å². The Morgan fingerprint density at radius 1 is 1.47 bits per heavy atom. The van der Waals surface area contributed by atoms with Gasteiger partial charge in [-0.05, 0) is 41.9 Å². The first-order valence-corrected chi connectivity index (χ1v) is 6.12. The molecule has 6 heteroatoms. The lowest BCUT2D eigenvalue weighted by Crippen LogP contribution is -2.22. The Hall–Kier alpha value is -1.43. The van der Waals surface area contributed by atoms with Gasteiger partial charge in [0.25, 0.3) is 5.56 Å². The van der Waals surface area contributed by atoms with Gasteiger partial charge >= 0.3 is 0 Å². The summed E-state index contributed by atoms with van der Waals surface area (Å²) in [6, 6.07) is 3.78. The topological polar surface area (TPSA) is 52.7 Å². The zero-order valence-electron chi connectivity index (χ0n) is 9.67. The Balaban J connectivity index is 2.35. The predicted molar refractivity (Wildman–Crippen MR) is 67.9 cm³/mol. The fourth-order valence-electron chi connectivity index (χ4n) is 1.60. The van der Waals surface area contributed by atoms with E-state index in [4.69, 9.17) is 0 Å². The first kappa shape index (κ1) is 12.0. The third-order valence-corrected chi connectivity index (χ3v) is 3.03. The van der Waals surface area contributed by atoms with Crippen molar-refractivity contribution in [2.45, 2.75) is 26.4 Å². The van der Waals surface area contributed by atoms with Crippen LogP contribution in [0.4, 0.5) is 0 Å². The van der Waals surface area contributed by atoms with E-state index in [-0.39, 0.29) is 11.6 Å². The molecular formula is C11H13BrN4O. The molecule has 0 saturated carbocycles. The maximum Gasteiger partial charge on any atom is 0.265 e. The second-order valence-electron chi connectivity index (χ2n) is 4.00. The second-order valence-corrected chi connectivity index (χ2v) is 4.86. The number of hydrogen-bond acceptors (Lipinski definition) is 3. The third kappa shape index (κ3) is 2.46. The Kier molecular flexibility index (Phi) is 3.42. The van der Waals surface area contributed by atoms with Crippen molar-refractivity contribution in [2.75, 3.05) is 0 Å². The monoisotopic (exact) mass is 296 g/mol. The van der Waals surface area contributed by atoms with Gasteiger partial charge in [-0.3, -0.25) is 4.79 Å². The standard InChI is InChI=1S/C11H13BrN4O/c1-8(2)16-10(13-7-14-16)6-15-5-3-4-9(12)11(15)17/h3-5,7-8H,6H2,1-2H3. The highest BCUT2D eigenvalue weighted by Crippen LogP contribution is 2.07. The maximum absolute atomic E-state index is 11.8. The second kappa shape index (κ2) is 4.83. The highest BCUT2D eigenvalue weighted by atomic mass is 79.9. The van der Waals surface area contributed by atoms with Crippen LogP contribution in [0.5, 0.6) is 0 Å². The van der Waals surface area contributed by atoms with Crippen LogP contribution in [0, 0.1) is 0 Å². The van der Waals surface area contributed by atoms with Crippen molar-refractivity contribution in [3.05, 3.63) is 45.3 Å². The van der Waals surface area contributed by atoms with Gasteiger partial charge in [0.05, 0.1) is 11.0 Å². The summed E-state index contributed by atoms with van der Waals surface area (Å²) in [5.41, 5.74) is -0.0641. The molecule has 0 N–H and O–H groups in total. The van der Waals surface area contributed by atoms with Crippen molar-refractivity contribution in [3.63, 3.8) is 0 Å². The summed E-state index contributed by atoms with van der Waals surface area (Å²) in [7, 11) is 0. The molecule has 0 saturated heterocycles. The molecule has 0 aliphatic heterocycles. The Bertz CT molecular complexity index is 573. The smallest absolute Gasteiger partial charge is 0.265 e. The van der Waals surface area contributed by atoms with Gasteiger partial charge in [0, 0.05) is 12.2 Å². The SMILES string of the molecule is CC(C)n1ncnc1Cn1cccc(Br)c1=O. The van der Waals surface area contributed by atoms with E-state index in [2.05, 4.69) is 26.0 Å². The molecule has 0 amide bonds. The van der Waals surface area contributed by atoms with Crippen LogP contribution in [0.2, 0.25) is 0 Å². The minimum atomic E-state index is -0.0641. The average Bonchev–Trinajstić information content (AvgIpc) is 2.73. The summed E-state index contributed by atoms with van der Waals surface area (Å²) in [6.45, 7) is 4.49. The molecule has 0 fully saturated rings. The molecule has 0 radical (unpaired) electrons. The molecule has 0 aliphatic carbocycles. The first-order chi connectivity index (χ1) is 8.09. The minimum absolute atomic E-state index is 0.0641. The molecule has 0 bridgehead atoms. The van der Waals surface area contributed by atoms with Gasteiger partial charge in [0.1, 0.15) is 12.2 Å². The van der Waals surface area contributed by atoms with Crippen molar-refractivity contribution in [1.29, 1.82) is 0 Å². The van der Waals surface area contributed by atoms with Crippen molar-refractivity contribution < 1.29 is 0 Å². The van der Waals surface area contributed by atoms with Crippen LogP contribution in [0.15, 0.2) is 33.9 Å². The molecule has 0 atom stereocenters. The summed E-state index contributed by atoms with van der Waals surface area (Å²) < 4.78 is 3.97. The highest BCUT2D eigenvalue weighted by Gasteiger charge is 2.09. The van der Waals surface area contributed by atoms with Crippen LogP contribution in [0.3, 0.4) is 0 Å². The number of nitrogens with zero attached hydrogens (tertiary/aromatic N) is 4. The highest BCUT2D eigenvalue weighted by molar-refractivity contribution is 9.10. The number of hydrogen-bond donors (Lipinski definition) is 0. The lowest BCUT2D eigenvalue weighted by molar-refractivity contribution is 0.494. The molecule has 90 valence electrons. The Morgan fingerprint density at radius 2 is 2.24 bits per heavy atom. The van der Waals surface area contributed by atoms with Gasteiger partial charge in [-0.25, -0.2) is 9.67 Å². The van der Waals surface area contributed by atoms with Gasteiger partial charge in [0.2, 0.25) is 0 Å². The largest absolute Gasteiger partial charge is 0.307 e. The molecule has 5 nitrogen and oxygen atoms in total. The van der Waals surface area contributed by atoms with E-state index in [0.29, 0.717) is 11.0 Å². The van der Waals surface area contributed by atoms with E-state index in [1.807, 2.05) is 24.6 Å². The van der Waals surface area contributed by atoms with Crippen LogP contribution in [-0.2, 0) is 6.54 Å². The van der Waals surface area contributed by atoms with Crippen molar-refractivity contribution in [3.8, 4) is 0 Å². The van der Waals surface area contributed by atoms with E-state index in [9.17, 15) is 4.79 Å². The fraction of sp³-hybridized carbons (Fsp3) is 0.364. The van der Waals surface area contributed by atoms with Crippen molar-refractivity contribution in [1.82, 2.24) is 19.3 Å². The number of pyridine rings is 1. The normalized spacial score (nSPS) is 11.1. The molecule has 0 aliphatic rings. The zero-order chi connectivity index (χ0) is 12.4. The van der Waals surface area contributed by atoms with Gasteiger partial charge in [-0.1, -0.05) is 0 Å². The van der Waals surface area contributed by atoms with E-state index in [1.54, 1.807) is 16.8 Å². The third-order valence-electron chi connectivity index (χ3n) is 2.42. The van der Waals surface area contributed by atoms with E-state index < -0.39 is 0 Å². The van der Waals surface area contributed by atoms with E-state index in [1.165, 1.54) is 6.33 Å². The summed E-state index contributed by atoms with van der Waals surface area (Å²) in [6.07, 6.45) is 3.25. The maximum atomic E-state index is 11.8. The molecule has 0 aromatic carbocycles. The van der Waals surface area contributed by atoms with Crippen LogP contribution in [0.1, 0.15) is 25.7 Å². The average molecular weight is 297 g/mol. The molecule has 0 spiro atoms. The molecule has 2 heterocycles. The van der Waals surface area contributed by atoms with Crippen LogP contribution in [0.25, 0.3) is 0 Å². The molecule has 2 aromatic rings. The fourth-order valence-corrected chi connectivity index (χ4v) is 1.98. The molecule has 2 aromatic heterocycles. The van der Waals surface area contributed by atoms with Gasteiger partial charge in [0.15, 0.2) is 0 Å². The minimum Gasteiger partial charge on any atom is -0.307 e. The summed E-state index contributed by atoms with van der Waals surface area (Å²) in [4.78, 5) is 16.0. The predicted octanol–water partition coefficient (Wildman–Crippen LogP) is 1.83. The summed E-state index contributed by atoms with van der Waals surface area (Å²) in [5.74, 6) is 0.778. The van der Waals surface area contributed by atoms with Crippen LogP contribution in [-0.4, -0.2) is 19.3 Å². The van der Waals surface area contributed by atoms with Crippen molar-refractivity contribution in [2.24, 2.45) is 0 Å². The number of aromatic nitrogens is 4.